The normalized spacial score (nSPS) is 19.8. The maximum absolute atomic E-state index is 6.78. The number of hydrogen-bond donors (Lipinski definition) is 0. The van der Waals surface area contributed by atoms with Crippen LogP contribution in [0.2, 0.25) is 0 Å². The average molecular weight is 819 g/mol. The third-order valence-corrected chi connectivity index (χ3v) is 14.2. The highest BCUT2D eigenvalue weighted by atomic mass is 16.5. The van der Waals surface area contributed by atoms with Gasteiger partial charge in [0, 0.05) is 18.6 Å². The van der Waals surface area contributed by atoms with Gasteiger partial charge in [0.05, 0.1) is 12.7 Å². The number of pyridine rings is 1. The number of hydrogen-bond acceptors (Lipinski definition) is 1. The summed E-state index contributed by atoms with van der Waals surface area (Å²) in [6.45, 7) is 27.5. The molecule has 3 rings (SSSR count). The molecule has 1 aromatic rings. The van der Waals surface area contributed by atoms with E-state index in [9.17, 15) is 0 Å². The zero-order valence-electron chi connectivity index (χ0n) is 41.8. The first-order valence-electron chi connectivity index (χ1n) is 26.3. The van der Waals surface area contributed by atoms with Crippen LogP contribution in [0.25, 0.3) is 0 Å². The van der Waals surface area contributed by atoms with E-state index >= 15 is 0 Å². The van der Waals surface area contributed by atoms with Crippen molar-refractivity contribution in [2.75, 3.05) is 6.61 Å². The largest absolute Gasteiger partial charge is 0.373 e. The summed E-state index contributed by atoms with van der Waals surface area (Å²) >= 11 is 0. The number of unbranched alkanes of at least 4 members (excludes halogenated alkanes) is 16. The van der Waals surface area contributed by atoms with Crippen LogP contribution in [0.5, 0.6) is 0 Å². The fourth-order valence-electron chi connectivity index (χ4n) is 9.12. The Morgan fingerprint density at radius 3 is 1.66 bits per heavy atom. The summed E-state index contributed by atoms with van der Waals surface area (Å²) in [5, 5.41) is 0. The molecule has 1 saturated carbocycles. The number of aryl methyl sites for hydroxylation is 1. The highest BCUT2D eigenvalue weighted by Crippen LogP contribution is 2.51. The molecule has 2 aliphatic carbocycles. The van der Waals surface area contributed by atoms with Gasteiger partial charge in [-0.15, -0.1) is 0 Å². The molecule has 2 nitrogen and oxygen atoms in total. The standard InChI is InChI=1S/C42H70NO.C11H24.C4H10/c1-8-12-13-14-15-16-17-18-28-43-29-26-38(27-30-43)35(6)41-25-24-40(41)32-42(11-4,31-34(5)9-2)33-44-36(7)39-21-19-20-37(10-3)22-23-39;1-3-5-7-9-11-10-8-6-4-2;1-3-4-2/h19-23,26-27,29-30,34-37,40-41H,8-18,24-25,28,31-33H2,1-7H3;3-11H2,1-2H3;3-4H2,1-2H3/q+1;;. The number of allylic oxidation sites excluding steroid dienone is 4. The molecular formula is C57H104NO+. The van der Waals surface area contributed by atoms with Crippen LogP contribution in [0.15, 0.2) is 60.5 Å². The lowest BCUT2D eigenvalue weighted by atomic mass is 9.59. The molecule has 0 spiro atoms. The van der Waals surface area contributed by atoms with Crippen molar-refractivity contribution in [3.8, 4) is 0 Å². The van der Waals surface area contributed by atoms with Crippen molar-refractivity contribution in [1.29, 1.82) is 0 Å². The third-order valence-electron chi connectivity index (χ3n) is 14.2. The summed E-state index contributed by atoms with van der Waals surface area (Å²) < 4.78 is 9.20. The van der Waals surface area contributed by atoms with Crippen LogP contribution in [-0.4, -0.2) is 12.7 Å². The number of rotatable bonds is 31. The molecule has 7 unspecified atom stereocenters. The van der Waals surface area contributed by atoms with E-state index in [4.69, 9.17) is 4.74 Å². The summed E-state index contributed by atoms with van der Waals surface area (Å²) in [4.78, 5) is 0. The molecule has 0 bridgehead atoms. The maximum Gasteiger partial charge on any atom is 0.169 e. The van der Waals surface area contributed by atoms with Crippen molar-refractivity contribution in [2.45, 2.75) is 262 Å². The van der Waals surface area contributed by atoms with Crippen LogP contribution >= 0.6 is 0 Å². The van der Waals surface area contributed by atoms with Gasteiger partial charge in [-0.3, -0.25) is 0 Å². The Morgan fingerprint density at radius 2 is 1.20 bits per heavy atom. The Kier molecular flexibility index (Phi) is 33.7. The molecule has 1 heterocycles. The average Bonchev–Trinajstić information content (AvgIpc) is 3.51. The van der Waals surface area contributed by atoms with Gasteiger partial charge in [0.15, 0.2) is 12.4 Å². The summed E-state index contributed by atoms with van der Waals surface area (Å²) in [5.41, 5.74) is 3.11. The van der Waals surface area contributed by atoms with Gasteiger partial charge in [-0.25, -0.2) is 4.57 Å². The maximum atomic E-state index is 6.78. The lowest BCUT2D eigenvalue weighted by Crippen LogP contribution is -2.39. The molecule has 2 aliphatic rings. The van der Waals surface area contributed by atoms with Gasteiger partial charge < -0.3 is 4.74 Å². The molecule has 2 heteroatoms. The second-order valence-corrected chi connectivity index (χ2v) is 19.3. The van der Waals surface area contributed by atoms with Crippen molar-refractivity contribution in [1.82, 2.24) is 0 Å². The minimum atomic E-state index is 0.132. The van der Waals surface area contributed by atoms with Crippen LogP contribution in [0, 0.1) is 29.1 Å². The summed E-state index contributed by atoms with van der Waals surface area (Å²) in [6.07, 6.45) is 51.9. The molecule has 342 valence electrons. The van der Waals surface area contributed by atoms with E-state index in [-0.39, 0.29) is 11.5 Å². The van der Waals surface area contributed by atoms with E-state index < -0.39 is 0 Å². The highest BCUT2D eigenvalue weighted by Gasteiger charge is 2.42. The van der Waals surface area contributed by atoms with E-state index in [1.807, 2.05) is 0 Å². The van der Waals surface area contributed by atoms with E-state index in [2.05, 4.69) is 136 Å². The number of aromatic nitrogens is 1. The van der Waals surface area contributed by atoms with E-state index in [0.29, 0.717) is 11.8 Å². The van der Waals surface area contributed by atoms with Crippen LogP contribution in [0.3, 0.4) is 0 Å². The molecule has 0 N–H and O–H groups in total. The SMILES string of the molecule is CCCC.CCCCCCCCCCC.CCCCCCCCCC[n+]1ccc(C(C)C2CCC2CC(CC)(COC(C)C2=CC=CC(CC)C=C2)CC(C)CC)cc1. The lowest BCUT2D eigenvalue weighted by molar-refractivity contribution is -0.697. The fourth-order valence-corrected chi connectivity index (χ4v) is 9.12. The molecule has 0 aliphatic heterocycles. The van der Waals surface area contributed by atoms with Crippen LogP contribution in [0.4, 0.5) is 0 Å². The minimum absolute atomic E-state index is 0.132. The number of ether oxygens (including phenoxy) is 1. The fraction of sp³-hybridized carbons (Fsp3) is 0.807. The van der Waals surface area contributed by atoms with Crippen molar-refractivity contribution < 1.29 is 9.30 Å². The molecule has 0 radical (unpaired) electrons. The van der Waals surface area contributed by atoms with Gasteiger partial charge in [0.25, 0.3) is 0 Å². The molecule has 0 saturated heterocycles. The predicted molar refractivity (Wildman–Crippen MR) is 264 cm³/mol. The minimum Gasteiger partial charge on any atom is -0.373 e. The van der Waals surface area contributed by atoms with Gasteiger partial charge in [0.1, 0.15) is 6.54 Å². The third kappa shape index (κ3) is 24.5. The molecule has 59 heavy (non-hydrogen) atoms. The van der Waals surface area contributed by atoms with Crippen molar-refractivity contribution in [3.63, 3.8) is 0 Å². The van der Waals surface area contributed by atoms with Gasteiger partial charge in [0.2, 0.25) is 0 Å². The lowest BCUT2D eigenvalue weighted by Gasteiger charge is -2.47. The molecule has 7 atom stereocenters. The zero-order valence-corrected chi connectivity index (χ0v) is 41.8. The first kappa shape index (κ1) is 55.3. The van der Waals surface area contributed by atoms with Gasteiger partial charge in [-0.1, -0.05) is 215 Å². The smallest absolute Gasteiger partial charge is 0.169 e. The zero-order chi connectivity index (χ0) is 43.6. The second kappa shape index (κ2) is 35.9. The Hall–Kier alpha value is -1.67. The Balaban J connectivity index is 0.000000982. The molecule has 0 aromatic carbocycles. The monoisotopic (exact) mass is 819 g/mol. The quantitative estimate of drug-likeness (QED) is 0.0537. The Bertz CT molecular complexity index is 1170. The molecular weight excluding hydrogens is 715 g/mol. The highest BCUT2D eigenvalue weighted by molar-refractivity contribution is 5.31. The topological polar surface area (TPSA) is 13.1 Å². The predicted octanol–water partition coefficient (Wildman–Crippen LogP) is 18.3. The molecule has 0 amide bonds. The summed E-state index contributed by atoms with van der Waals surface area (Å²) in [5.74, 6) is 3.51. The van der Waals surface area contributed by atoms with Crippen molar-refractivity contribution >= 4 is 0 Å². The molecule has 1 aromatic heterocycles. The van der Waals surface area contributed by atoms with E-state index in [1.54, 1.807) is 0 Å². The second-order valence-electron chi connectivity index (χ2n) is 19.3. The van der Waals surface area contributed by atoms with Crippen LogP contribution in [0.1, 0.15) is 255 Å². The first-order valence-corrected chi connectivity index (χ1v) is 26.3. The Labute approximate surface area is 371 Å². The van der Waals surface area contributed by atoms with Crippen molar-refractivity contribution in [3.05, 3.63) is 66.0 Å². The summed E-state index contributed by atoms with van der Waals surface area (Å²) in [7, 11) is 0. The van der Waals surface area contributed by atoms with Gasteiger partial charge >= 0.3 is 0 Å². The van der Waals surface area contributed by atoms with E-state index in [1.165, 1.54) is 172 Å². The summed E-state index contributed by atoms with van der Waals surface area (Å²) in [6, 6.07) is 4.85. The number of nitrogens with zero attached hydrogens (tertiary/aromatic N) is 1. The van der Waals surface area contributed by atoms with Crippen LogP contribution in [-0.2, 0) is 11.3 Å². The first-order chi connectivity index (χ1) is 28.7. The van der Waals surface area contributed by atoms with Crippen molar-refractivity contribution in [2.24, 2.45) is 29.1 Å². The van der Waals surface area contributed by atoms with Gasteiger partial charge in [-0.2, -0.15) is 0 Å². The van der Waals surface area contributed by atoms with Gasteiger partial charge in [-0.05, 0) is 98.0 Å². The van der Waals surface area contributed by atoms with E-state index in [0.717, 1.165) is 37.3 Å². The van der Waals surface area contributed by atoms with Crippen LogP contribution < -0.4 is 4.57 Å². The molecule has 1 fully saturated rings. The Morgan fingerprint density at radius 1 is 0.661 bits per heavy atom.